The molecular formula is C21H26N4O2. The highest BCUT2D eigenvalue weighted by Gasteiger charge is 2.54. The van der Waals surface area contributed by atoms with Crippen molar-refractivity contribution in [1.29, 1.82) is 0 Å². The summed E-state index contributed by atoms with van der Waals surface area (Å²) in [5.74, 6) is 1.31. The zero-order valence-corrected chi connectivity index (χ0v) is 15.7. The topological polar surface area (TPSA) is 61.6 Å². The quantitative estimate of drug-likeness (QED) is 0.902. The average Bonchev–Trinajstić information content (AvgIpc) is 3.28. The van der Waals surface area contributed by atoms with Crippen LogP contribution < -0.4 is 0 Å². The van der Waals surface area contributed by atoms with E-state index in [1.807, 2.05) is 25.1 Å². The molecule has 1 N–H and O–H groups in total. The molecule has 27 heavy (non-hydrogen) atoms. The number of carbonyl (C=O) groups is 1. The highest BCUT2D eigenvalue weighted by molar-refractivity contribution is 5.77. The summed E-state index contributed by atoms with van der Waals surface area (Å²) in [5.41, 5.74) is 2.15. The minimum absolute atomic E-state index is 0.160. The maximum atomic E-state index is 13.2. The average molecular weight is 366 g/mol. The van der Waals surface area contributed by atoms with Crippen LogP contribution in [-0.4, -0.2) is 62.3 Å². The van der Waals surface area contributed by atoms with E-state index < -0.39 is 0 Å². The number of phenols is 1. The fourth-order valence-electron chi connectivity index (χ4n) is 5.54. The Balaban J connectivity index is 1.47. The van der Waals surface area contributed by atoms with Crippen LogP contribution in [0.25, 0.3) is 0 Å². The van der Waals surface area contributed by atoms with Crippen LogP contribution in [0.4, 0.5) is 0 Å². The Bertz CT molecular complexity index is 855. The van der Waals surface area contributed by atoms with Crippen LogP contribution >= 0.6 is 0 Å². The lowest BCUT2D eigenvalue weighted by molar-refractivity contribution is -0.136. The van der Waals surface area contributed by atoms with Crippen LogP contribution in [0.3, 0.4) is 0 Å². The van der Waals surface area contributed by atoms with Gasteiger partial charge in [-0.3, -0.25) is 14.4 Å². The standard InChI is InChI=1S/C21H26N4O2/c1-14-5-8-22-25(14)13-19(27)24-12-18(16-3-2-4-17(26)11-16)21-20(24)15-6-9-23(21)10-7-15/h2-5,8,11,15,18,20-21,26H,6-7,9-10,12-13H2,1H3/t18-,20+,21+/m1/s1. The number of rotatable bonds is 3. The van der Waals surface area contributed by atoms with Gasteiger partial charge >= 0.3 is 0 Å². The van der Waals surface area contributed by atoms with Gasteiger partial charge in [-0.15, -0.1) is 0 Å². The second-order valence-corrected chi connectivity index (χ2v) is 8.23. The van der Waals surface area contributed by atoms with Gasteiger partial charge in [0.1, 0.15) is 12.3 Å². The minimum atomic E-state index is 0.160. The smallest absolute Gasteiger partial charge is 0.244 e. The number of phenolic OH excluding ortho intramolecular Hbond substituents is 1. The lowest BCUT2D eigenvalue weighted by Gasteiger charge is -2.51. The number of aromatic hydroxyl groups is 1. The van der Waals surface area contributed by atoms with Crippen molar-refractivity contribution < 1.29 is 9.90 Å². The van der Waals surface area contributed by atoms with Gasteiger partial charge < -0.3 is 10.0 Å². The normalized spacial score (nSPS) is 31.9. The molecule has 1 aromatic heterocycles. The van der Waals surface area contributed by atoms with Crippen LogP contribution in [0.5, 0.6) is 5.75 Å². The molecule has 1 amide bonds. The molecule has 6 heteroatoms. The van der Waals surface area contributed by atoms with Crippen LogP contribution in [0.15, 0.2) is 36.5 Å². The molecule has 0 aliphatic carbocycles. The van der Waals surface area contributed by atoms with Gasteiger partial charge in [0.25, 0.3) is 0 Å². The van der Waals surface area contributed by atoms with E-state index in [9.17, 15) is 9.90 Å². The number of fused-ring (bicyclic) bond motifs is 2. The first-order chi connectivity index (χ1) is 13.1. The summed E-state index contributed by atoms with van der Waals surface area (Å²) >= 11 is 0. The van der Waals surface area contributed by atoms with E-state index in [-0.39, 0.29) is 17.9 Å². The molecule has 0 spiro atoms. The number of carbonyl (C=O) groups excluding carboxylic acids is 1. The number of aromatic nitrogens is 2. The molecule has 6 nitrogen and oxygen atoms in total. The van der Waals surface area contributed by atoms with E-state index >= 15 is 0 Å². The third-order valence-corrected chi connectivity index (χ3v) is 6.83. The SMILES string of the molecule is Cc1ccnn1CC(=O)N1C[C@H](c2cccc(O)c2)[C@H]2[C@@H]1C1CCN2CC1. The fraction of sp³-hybridized carbons (Fsp3) is 0.524. The molecule has 2 bridgehead atoms. The van der Waals surface area contributed by atoms with Crippen molar-refractivity contribution in [3.8, 4) is 5.75 Å². The highest BCUT2D eigenvalue weighted by atomic mass is 16.3. The molecule has 4 saturated heterocycles. The first kappa shape index (κ1) is 16.8. The van der Waals surface area contributed by atoms with E-state index in [1.165, 1.54) is 12.8 Å². The Hall–Kier alpha value is -2.34. The minimum Gasteiger partial charge on any atom is -0.508 e. The van der Waals surface area contributed by atoms with Gasteiger partial charge in [0.2, 0.25) is 5.91 Å². The monoisotopic (exact) mass is 366 g/mol. The number of piperidine rings is 3. The molecule has 1 aromatic carbocycles. The summed E-state index contributed by atoms with van der Waals surface area (Å²) in [7, 11) is 0. The number of likely N-dealkylation sites (tertiary alicyclic amines) is 1. The van der Waals surface area contributed by atoms with Crippen LogP contribution in [-0.2, 0) is 11.3 Å². The molecule has 0 saturated carbocycles. The fourth-order valence-corrected chi connectivity index (χ4v) is 5.54. The van der Waals surface area contributed by atoms with Gasteiger partial charge in [-0.25, -0.2) is 0 Å². The van der Waals surface area contributed by atoms with E-state index in [2.05, 4.69) is 21.0 Å². The molecule has 2 aromatic rings. The summed E-state index contributed by atoms with van der Waals surface area (Å²) in [4.78, 5) is 17.9. The summed E-state index contributed by atoms with van der Waals surface area (Å²) in [6.07, 6.45) is 4.11. The highest BCUT2D eigenvalue weighted by Crippen LogP contribution is 2.46. The lowest BCUT2D eigenvalue weighted by atomic mass is 9.75. The van der Waals surface area contributed by atoms with Gasteiger partial charge in [0.05, 0.1) is 6.04 Å². The van der Waals surface area contributed by atoms with Crippen molar-refractivity contribution in [3.05, 3.63) is 47.8 Å². The molecule has 4 aliphatic rings. The number of aryl methyl sites for hydroxylation is 1. The van der Waals surface area contributed by atoms with Crippen LogP contribution in [0, 0.1) is 12.8 Å². The Labute approximate surface area is 159 Å². The number of amides is 1. The first-order valence-corrected chi connectivity index (χ1v) is 9.92. The molecule has 0 radical (unpaired) electrons. The van der Waals surface area contributed by atoms with Crippen molar-refractivity contribution in [2.45, 2.75) is 44.3 Å². The van der Waals surface area contributed by atoms with Gasteiger partial charge in [0, 0.05) is 30.4 Å². The van der Waals surface area contributed by atoms with Gasteiger partial charge in [-0.2, -0.15) is 5.10 Å². The predicted octanol–water partition coefficient (Wildman–Crippen LogP) is 1.99. The number of benzene rings is 1. The van der Waals surface area contributed by atoms with Crippen LogP contribution in [0.2, 0.25) is 0 Å². The maximum absolute atomic E-state index is 13.2. The maximum Gasteiger partial charge on any atom is 0.244 e. The zero-order chi connectivity index (χ0) is 18.5. The Morgan fingerprint density at radius 1 is 1.22 bits per heavy atom. The number of hydrogen-bond donors (Lipinski definition) is 1. The van der Waals surface area contributed by atoms with E-state index in [1.54, 1.807) is 16.9 Å². The number of hydrogen-bond acceptors (Lipinski definition) is 4. The third-order valence-electron chi connectivity index (χ3n) is 6.83. The second kappa shape index (κ2) is 6.37. The second-order valence-electron chi connectivity index (χ2n) is 8.23. The largest absolute Gasteiger partial charge is 0.508 e. The molecule has 6 rings (SSSR count). The lowest BCUT2D eigenvalue weighted by Crippen LogP contribution is -2.61. The Morgan fingerprint density at radius 2 is 2.04 bits per heavy atom. The molecule has 0 unspecified atom stereocenters. The molecule has 4 fully saturated rings. The molecule has 5 heterocycles. The first-order valence-electron chi connectivity index (χ1n) is 9.92. The van der Waals surface area contributed by atoms with Gasteiger partial charge in [-0.1, -0.05) is 12.1 Å². The van der Waals surface area contributed by atoms with E-state index in [0.29, 0.717) is 24.3 Å². The summed E-state index contributed by atoms with van der Waals surface area (Å²) in [6, 6.07) is 10.2. The zero-order valence-electron chi connectivity index (χ0n) is 15.7. The van der Waals surface area contributed by atoms with Crippen molar-refractivity contribution in [1.82, 2.24) is 19.6 Å². The van der Waals surface area contributed by atoms with Gasteiger partial charge in [0.15, 0.2) is 0 Å². The van der Waals surface area contributed by atoms with E-state index in [0.717, 1.165) is 30.9 Å². The van der Waals surface area contributed by atoms with Crippen LogP contribution in [0.1, 0.15) is 30.0 Å². The Kier molecular flexibility index (Phi) is 3.97. The predicted molar refractivity (Wildman–Crippen MR) is 101 cm³/mol. The van der Waals surface area contributed by atoms with Crippen molar-refractivity contribution in [2.24, 2.45) is 5.92 Å². The van der Waals surface area contributed by atoms with Crippen molar-refractivity contribution in [3.63, 3.8) is 0 Å². The molecule has 4 aliphatic heterocycles. The summed E-state index contributed by atoms with van der Waals surface area (Å²) < 4.78 is 1.79. The van der Waals surface area contributed by atoms with E-state index in [4.69, 9.17) is 0 Å². The van der Waals surface area contributed by atoms with Gasteiger partial charge in [-0.05, 0) is 62.5 Å². The molecular weight excluding hydrogens is 340 g/mol. The third kappa shape index (κ3) is 2.74. The van der Waals surface area contributed by atoms with Crippen molar-refractivity contribution >= 4 is 5.91 Å². The molecule has 3 atom stereocenters. The Morgan fingerprint density at radius 3 is 2.74 bits per heavy atom. The summed E-state index contributed by atoms with van der Waals surface area (Å²) in [6.45, 7) is 5.27. The molecule has 142 valence electrons. The number of nitrogens with zero attached hydrogens (tertiary/aromatic N) is 4. The van der Waals surface area contributed by atoms with Crippen molar-refractivity contribution in [2.75, 3.05) is 19.6 Å². The summed E-state index contributed by atoms with van der Waals surface area (Å²) in [5, 5.41) is 14.3.